The van der Waals surface area contributed by atoms with Crippen LogP contribution in [0.1, 0.15) is 53.3 Å². The van der Waals surface area contributed by atoms with Crippen LogP contribution < -0.4 is 4.90 Å². The molecule has 3 aliphatic rings. The number of rotatable bonds is 7. The molecule has 2 aromatic heterocycles. The summed E-state index contributed by atoms with van der Waals surface area (Å²) in [5.74, 6) is -1.47. The second-order valence-electron chi connectivity index (χ2n) is 10.4. The van der Waals surface area contributed by atoms with Crippen molar-refractivity contribution in [2.45, 2.75) is 56.4 Å². The summed E-state index contributed by atoms with van der Waals surface area (Å²) >= 11 is 1.48. The summed E-state index contributed by atoms with van der Waals surface area (Å²) in [6, 6.07) is 8.82. The molecule has 0 spiro atoms. The summed E-state index contributed by atoms with van der Waals surface area (Å²) in [5, 5.41) is 14.3. The topological polar surface area (TPSA) is 97.9 Å². The third-order valence-electron chi connectivity index (χ3n) is 7.75. The number of nitrogens with zero attached hydrogens (tertiary/aromatic N) is 3. The van der Waals surface area contributed by atoms with Crippen LogP contribution in [0.2, 0.25) is 0 Å². The number of carboxylic acid groups (broad SMARTS) is 1. The van der Waals surface area contributed by atoms with Crippen molar-refractivity contribution in [1.29, 1.82) is 0 Å². The Bertz CT molecular complexity index is 1530. The number of benzene rings is 2. The molecule has 4 heterocycles. The number of anilines is 1. The Morgan fingerprint density at radius 3 is 2.56 bits per heavy atom. The quantitative estimate of drug-likeness (QED) is 0.309. The number of piperidine rings is 1. The molecule has 2 bridgehead atoms. The highest BCUT2D eigenvalue weighted by Gasteiger charge is 2.42. The van der Waals surface area contributed by atoms with Gasteiger partial charge in [0.2, 0.25) is 0 Å². The summed E-state index contributed by atoms with van der Waals surface area (Å²) in [5.41, 5.74) is 1.61. The molecule has 4 aromatic rings. The van der Waals surface area contributed by atoms with Gasteiger partial charge < -0.3 is 24.0 Å². The zero-order valence-corrected chi connectivity index (χ0v) is 21.6. The van der Waals surface area contributed by atoms with Crippen LogP contribution in [-0.2, 0) is 16.1 Å². The third kappa shape index (κ3) is 4.48. The number of ether oxygens (including phenoxy) is 2. The first-order chi connectivity index (χ1) is 19.0. The fourth-order valence-corrected chi connectivity index (χ4v) is 6.87. The normalized spacial score (nSPS) is 22.9. The predicted octanol–water partition coefficient (Wildman–Crippen LogP) is 5.76. The first kappa shape index (κ1) is 24.6. The molecule has 2 atom stereocenters. The Balaban J connectivity index is 1.12. The smallest absolute Gasteiger partial charge is 0.335 e. The van der Waals surface area contributed by atoms with Gasteiger partial charge in [0.25, 0.3) is 0 Å². The minimum Gasteiger partial charge on any atom is -0.478 e. The van der Waals surface area contributed by atoms with Gasteiger partial charge in [-0.15, -0.1) is 0 Å². The largest absolute Gasteiger partial charge is 0.478 e. The number of aromatic nitrogens is 2. The van der Waals surface area contributed by atoms with Crippen LogP contribution in [0.3, 0.4) is 0 Å². The lowest BCUT2D eigenvalue weighted by molar-refractivity contribution is -0.0394. The first-order valence-corrected chi connectivity index (χ1v) is 13.8. The number of aromatic carboxylic acids is 1. The Labute approximate surface area is 226 Å². The lowest BCUT2D eigenvalue weighted by Crippen LogP contribution is -2.58. The molecule has 3 fully saturated rings. The van der Waals surface area contributed by atoms with Gasteiger partial charge in [0.15, 0.2) is 5.13 Å². The van der Waals surface area contributed by atoms with Gasteiger partial charge in [0.05, 0.1) is 59.4 Å². The van der Waals surface area contributed by atoms with Gasteiger partial charge in [0, 0.05) is 11.5 Å². The molecule has 0 amide bonds. The van der Waals surface area contributed by atoms with Gasteiger partial charge >= 0.3 is 5.97 Å². The molecule has 11 heteroatoms. The van der Waals surface area contributed by atoms with E-state index < -0.39 is 17.6 Å². The molecule has 202 valence electrons. The molecule has 0 unspecified atom stereocenters. The predicted molar refractivity (Wildman–Crippen MR) is 139 cm³/mol. The Hall–Kier alpha value is -3.41. The van der Waals surface area contributed by atoms with Crippen LogP contribution in [0.5, 0.6) is 0 Å². The molecule has 2 saturated heterocycles. The standard InChI is InChI=1S/C28H25F2N3O5S/c29-20-2-1-3-21(30)24(20)25-19(26(38-32-25)14-4-5-14)13-37-18-9-16-11-36-12-17(10-18)33(16)28-31-22-7-6-15(27(34)35)8-23(22)39-28/h1-3,6-8,14,16-18H,4-5,9-13H2,(H,34,35)/t16-,17-/m1/s1. The van der Waals surface area contributed by atoms with Gasteiger partial charge in [-0.2, -0.15) is 0 Å². The van der Waals surface area contributed by atoms with Crippen molar-refractivity contribution in [3.8, 4) is 11.3 Å². The number of fused-ring (bicyclic) bond motifs is 3. The van der Waals surface area contributed by atoms with E-state index in [1.807, 2.05) is 0 Å². The average Bonchev–Trinajstić information content (AvgIpc) is 3.53. The molecule has 2 aliphatic heterocycles. The maximum absolute atomic E-state index is 14.6. The minimum absolute atomic E-state index is 0.0378. The summed E-state index contributed by atoms with van der Waals surface area (Å²) in [6.45, 7) is 1.21. The van der Waals surface area contributed by atoms with Crippen LogP contribution in [0, 0.1) is 11.6 Å². The van der Waals surface area contributed by atoms with Crippen LogP contribution in [-0.4, -0.2) is 52.6 Å². The van der Waals surface area contributed by atoms with Gasteiger partial charge in [-0.3, -0.25) is 0 Å². The van der Waals surface area contributed by atoms with Crippen molar-refractivity contribution in [2.75, 3.05) is 18.1 Å². The number of morpholine rings is 1. The van der Waals surface area contributed by atoms with E-state index in [4.69, 9.17) is 19.0 Å². The molecular weight excluding hydrogens is 528 g/mol. The summed E-state index contributed by atoms with van der Waals surface area (Å²) < 4.78 is 47.9. The minimum atomic E-state index is -0.964. The number of carboxylic acids is 1. The fraction of sp³-hybridized carbons (Fsp3) is 0.393. The Kier molecular flexibility index (Phi) is 6.09. The molecule has 7 rings (SSSR count). The summed E-state index contributed by atoms with van der Waals surface area (Å²) in [6.07, 6.45) is 3.21. The summed E-state index contributed by atoms with van der Waals surface area (Å²) in [4.78, 5) is 18.5. The Morgan fingerprint density at radius 1 is 1.13 bits per heavy atom. The van der Waals surface area contributed by atoms with Crippen LogP contribution in [0.4, 0.5) is 13.9 Å². The van der Waals surface area contributed by atoms with E-state index in [0.717, 1.165) is 28.2 Å². The van der Waals surface area contributed by atoms with Gasteiger partial charge in [-0.1, -0.05) is 22.6 Å². The second-order valence-corrected chi connectivity index (χ2v) is 11.4. The average molecular weight is 554 g/mol. The van der Waals surface area contributed by atoms with E-state index >= 15 is 0 Å². The van der Waals surface area contributed by atoms with Gasteiger partial charge in [-0.05, 0) is 56.0 Å². The number of hydrogen-bond acceptors (Lipinski definition) is 8. The SMILES string of the molecule is O=C(O)c1ccc2nc(N3[C@H]4COC[C@H]3CC(OCc3c(-c5c(F)cccc5F)noc3C3CC3)C4)sc2c1. The van der Waals surface area contributed by atoms with Crippen molar-refractivity contribution >= 4 is 32.7 Å². The zero-order chi connectivity index (χ0) is 26.7. The zero-order valence-electron chi connectivity index (χ0n) is 20.8. The maximum Gasteiger partial charge on any atom is 0.335 e. The van der Waals surface area contributed by atoms with Crippen molar-refractivity contribution in [3.05, 3.63) is 64.9 Å². The molecule has 1 saturated carbocycles. The highest BCUT2D eigenvalue weighted by molar-refractivity contribution is 7.22. The van der Waals surface area contributed by atoms with E-state index in [1.54, 1.807) is 18.2 Å². The highest BCUT2D eigenvalue weighted by Crippen LogP contribution is 2.45. The molecular formula is C28H25F2N3O5S. The lowest BCUT2D eigenvalue weighted by Gasteiger charge is -2.48. The van der Waals surface area contributed by atoms with Crippen molar-refractivity contribution in [2.24, 2.45) is 0 Å². The second kappa shape index (κ2) is 9.65. The van der Waals surface area contributed by atoms with Crippen LogP contribution in [0.15, 0.2) is 40.9 Å². The lowest BCUT2D eigenvalue weighted by atomic mass is 9.92. The van der Waals surface area contributed by atoms with Crippen molar-refractivity contribution in [1.82, 2.24) is 10.1 Å². The third-order valence-corrected chi connectivity index (χ3v) is 8.78. The monoisotopic (exact) mass is 553 g/mol. The van der Waals surface area contributed by atoms with Gasteiger partial charge in [-0.25, -0.2) is 18.6 Å². The number of thiazole rings is 1. The maximum atomic E-state index is 14.6. The van der Waals surface area contributed by atoms with E-state index in [-0.39, 0.29) is 47.5 Å². The molecule has 8 nitrogen and oxygen atoms in total. The van der Waals surface area contributed by atoms with E-state index in [9.17, 15) is 18.7 Å². The van der Waals surface area contributed by atoms with E-state index in [2.05, 4.69) is 10.1 Å². The number of halogens is 2. The molecule has 1 N–H and O–H groups in total. The van der Waals surface area contributed by atoms with E-state index in [0.29, 0.717) is 37.4 Å². The van der Waals surface area contributed by atoms with Gasteiger partial charge in [0.1, 0.15) is 23.1 Å². The summed E-state index contributed by atoms with van der Waals surface area (Å²) in [7, 11) is 0. The van der Waals surface area contributed by atoms with E-state index in [1.165, 1.54) is 29.5 Å². The molecule has 2 aromatic carbocycles. The van der Waals surface area contributed by atoms with Crippen LogP contribution >= 0.6 is 11.3 Å². The first-order valence-electron chi connectivity index (χ1n) is 13.0. The fourth-order valence-electron chi connectivity index (χ4n) is 5.72. The Morgan fingerprint density at radius 2 is 1.87 bits per heavy atom. The highest BCUT2D eigenvalue weighted by atomic mass is 32.1. The molecule has 0 radical (unpaired) electrons. The molecule has 1 aliphatic carbocycles. The number of carbonyl (C=O) groups is 1. The van der Waals surface area contributed by atoms with Crippen molar-refractivity contribution < 1.29 is 32.7 Å². The number of hydrogen-bond donors (Lipinski definition) is 1. The van der Waals surface area contributed by atoms with Crippen LogP contribution in [0.25, 0.3) is 21.5 Å². The molecule has 39 heavy (non-hydrogen) atoms. The van der Waals surface area contributed by atoms with Crippen molar-refractivity contribution in [3.63, 3.8) is 0 Å².